The first-order chi connectivity index (χ1) is 18.5. The average molecular weight is 566 g/mol. The van der Waals surface area contributed by atoms with Crippen molar-refractivity contribution >= 4 is 44.2 Å². The fourth-order valence-electron chi connectivity index (χ4n) is 5.35. The van der Waals surface area contributed by atoms with Gasteiger partial charge in [-0.3, -0.25) is 4.79 Å². The zero-order valence-electron chi connectivity index (χ0n) is 20.9. The fraction of sp³-hybridized carbons (Fsp3) is 0.125. The first-order valence-electron chi connectivity index (χ1n) is 12.3. The number of dihydropyridines is 1. The fourth-order valence-corrected chi connectivity index (χ4v) is 5.86. The largest absolute Gasteiger partial charge is 0.488 e. The molecule has 1 N–H and O–H groups in total. The number of hydrogen-bond donors (Lipinski definition) is 1. The van der Waals surface area contributed by atoms with Gasteiger partial charge in [-0.2, -0.15) is 0 Å². The van der Waals surface area contributed by atoms with E-state index >= 15 is 0 Å². The predicted octanol–water partition coefficient (Wildman–Crippen LogP) is 6.92. The molecule has 0 unspecified atom stereocenters. The Labute approximate surface area is 228 Å². The maximum atomic E-state index is 13.6. The summed E-state index contributed by atoms with van der Waals surface area (Å²) in [4.78, 5) is 26.5. The van der Waals surface area contributed by atoms with Gasteiger partial charge >= 0.3 is 5.97 Å². The third-order valence-electron chi connectivity index (χ3n) is 7.15. The molecule has 38 heavy (non-hydrogen) atoms. The van der Waals surface area contributed by atoms with Crippen molar-refractivity contribution in [1.82, 2.24) is 5.32 Å². The Balaban J connectivity index is 1.35. The molecule has 0 spiro atoms. The molecule has 6 heteroatoms. The van der Waals surface area contributed by atoms with E-state index in [9.17, 15) is 9.59 Å². The van der Waals surface area contributed by atoms with Crippen molar-refractivity contribution in [2.45, 2.75) is 19.4 Å². The van der Waals surface area contributed by atoms with E-state index in [0.29, 0.717) is 34.8 Å². The second kappa shape index (κ2) is 9.62. The summed E-state index contributed by atoms with van der Waals surface area (Å²) in [6, 6.07) is 27.7. The highest BCUT2D eigenvalue weighted by Crippen LogP contribution is 2.47. The summed E-state index contributed by atoms with van der Waals surface area (Å²) in [6.45, 7) is 2.25. The molecule has 4 aromatic carbocycles. The first kappa shape index (κ1) is 24.2. The van der Waals surface area contributed by atoms with Crippen molar-refractivity contribution in [2.75, 3.05) is 7.11 Å². The zero-order valence-corrected chi connectivity index (χ0v) is 22.5. The molecule has 2 aliphatic rings. The van der Waals surface area contributed by atoms with Crippen molar-refractivity contribution in [1.29, 1.82) is 0 Å². The number of esters is 1. The van der Waals surface area contributed by atoms with Crippen molar-refractivity contribution in [2.24, 2.45) is 0 Å². The van der Waals surface area contributed by atoms with Gasteiger partial charge < -0.3 is 14.8 Å². The van der Waals surface area contributed by atoms with Crippen LogP contribution >= 0.6 is 15.9 Å². The first-order valence-corrected chi connectivity index (χ1v) is 13.1. The molecule has 1 atom stereocenters. The maximum absolute atomic E-state index is 13.6. The summed E-state index contributed by atoms with van der Waals surface area (Å²) in [5, 5.41) is 5.66. The van der Waals surface area contributed by atoms with Crippen LogP contribution in [0.4, 0.5) is 0 Å². The number of halogens is 1. The molecule has 1 aliphatic carbocycles. The van der Waals surface area contributed by atoms with E-state index in [1.807, 2.05) is 61.5 Å². The number of rotatable bonds is 5. The molecule has 188 valence electrons. The molecule has 1 heterocycles. The Hall–Kier alpha value is -4.16. The van der Waals surface area contributed by atoms with Crippen LogP contribution in [-0.2, 0) is 16.1 Å². The molecule has 4 aromatic rings. The van der Waals surface area contributed by atoms with Crippen molar-refractivity contribution in [3.05, 3.63) is 128 Å². The number of methoxy groups -OCH3 is 1. The Bertz CT molecular complexity index is 1700. The highest BCUT2D eigenvalue weighted by atomic mass is 79.9. The Kier molecular flexibility index (Phi) is 6.12. The molecular weight excluding hydrogens is 542 g/mol. The molecule has 6 rings (SSSR count). The van der Waals surface area contributed by atoms with Crippen molar-refractivity contribution in [3.8, 4) is 5.75 Å². The van der Waals surface area contributed by atoms with Gasteiger partial charge in [0.2, 0.25) is 0 Å². The second-order valence-electron chi connectivity index (χ2n) is 9.41. The molecule has 0 bridgehead atoms. The van der Waals surface area contributed by atoms with Gasteiger partial charge in [-0.15, -0.1) is 0 Å². The number of ketones is 1. The number of hydrogen-bond acceptors (Lipinski definition) is 5. The van der Waals surface area contributed by atoms with E-state index in [2.05, 4.69) is 51.6 Å². The predicted molar refractivity (Wildman–Crippen MR) is 151 cm³/mol. The number of allylic oxidation sites excluding steroid dienone is 2. The third kappa shape index (κ3) is 4.02. The summed E-state index contributed by atoms with van der Waals surface area (Å²) >= 11 is 3.66. The molecule has 0 saturated carbocycles. The number of Topliss-reactive ketones (excluding diaryl/α,β-unsaturated/α-hetero) is 1. The van der Waals surface area contributed by atoms with Gasteiger partial charge in [0, 0.05) is 28.3 Å². The number of carbonyl (C=O) groups excluding carboxylic acids is 2. The number of benzene rings is 4. The minimum absolute atomic E-state index is 0.0882. The SMILES string of the molecule is COC(=O)C1=C(C)NC2=C(C(=O)c3ccccc32)[C@@H]1c1ccc(OCc2ccc3ccccc3c2)c(Br)c1. The van der Waals surface area contributed by atoms with E-state index < -0.39 is 11.9 Å². The van der Waals surface area contributed by atoms with Crippen LogP contribution in [0.5, 0.6) is 5.75 Å². The summed E-state index contributed by atoms with van der Waals surface area (Å²) < 4.78 is 12.0. The van der Waals surface area contributed by atoms with Crippen LogP contribution in [-0.4, -0.2) is 18.9 Å². The topological polar surface area (TPSA) is 64.6 Å². The van der Waals surface area contributed by atoms with E-state index in [1.165, 1.54) is 12.5 Å². The second-order valence-corrected chi connectivity index (χ2v) is 10.3. The van der Waals surface area contributed by atoms with Crippen LogP contribution in [0.3, 0.4) is 0 Å². The van der Waals surface area contributed by atoms with Crippen LogP contribution in [0.15, 0.2) is 106 Å². The molecule has 0 fully saturated rings. The molecule has 0 aromatic heterocycles. The molecule has 1 aliphatic heterocycles. The number of carbonyl (C=O) groups is 2. The maximum Gasteiger partial charge on any atom is 0.336 e. The number of fused-ring (bicyclic) bond motifs is 3. The van der Waals surface area contributed by atoms with Crippen LogP contribution in [0, 0.1) is 0 Å². The minimum Gasteiger partial charge on any atom is -0.488 e. The van der Waals surface area contributed by atoms with Gasteiger partial charge in [0.05, 0.1) is 22.9 Å². The molecule has 0 amide bonds. The Morgan fingerprint density at radius 3 is 2.42 bits per heavy atom. The lowest BCUT2D eigenvalue weighted by molar-refractivity contribution is -0.136. The lowest BCUT2D eigenvalue weighted by atomic mass is 9.80. The molecule has 0 saturated heterocycles. The lowest BCUT2D eigenvalue weighted by Crippen LogP contribution is -2.29. The standard InChI is InChI=1S/C32H24BrNO4/c1-18-27(32(36)37-2)28(29-30(34-18)23-9-5-6-10-24(23)31(29)35)22-13-14-26(25(33)16-22)38-17-19-11-12-20-7-3-4-8-21(20)15-19/h3-16,28,34H,17H2,1-2H3/t28-/m1/s1. The van der Waals surface area contributed by atoms with Crippen molar-refractivity contribution < 1.29 is 19.1 Å². The minimum atomic E-state index is -0.579. The average Bonchev–Trinajstić information content (AvgIpc) is 3.22. The van der Waals surface area contributed by atoms with Crippen LogP contribution in [0.2, 0.25) is 0 Å². The monoisotopic (exact) mass is 565 g/mol. The van der Waals surface area contributed by atoms with Crippen molar-refractivity contribution in [3.63, 3.8) is 0 Å². The van der Waals surface area contributed by atoms with E-state index in [1.54, 1.807) is 0 Å². The number of ether oxygens (including phenoxy) is 2. The summed E-state index contributed by atoms with van der Waals surface area (Å²) in [5.74, 6) is -0.464. The summed E-state index contributed by atoms with van der Waals surface area (Å²) in [7, 11) is 1.36. The van der Waals surface area contributed by atoms with Crippen LogP contribution in [0.1, 0.15) is 39.9 Å². The highest BCUT2D eigenvalue weighted by molar-refractivity contribution is 9.10. The smallest absolute Gasteiger partial charge is 0.336 e. The van der Waals surface area contributed by atoms with E-state index in [4.69, 9.17) is 9.47 Å². The molecular formula is C32H24BrNO4. The van der Waals surface area contributed by atoms with Gasteiger partial charge in [-0.05, 0) is 63.0 Å². The van der Waals surface area contributed by atoms with Gasteiger partial charge in [0.15, 0.2) is 5.78 Å². The summed E-state index contributed by atoms with van der Waals surface area (Å²) in [6.07, 6.45) is 0. The van der Waals surface area contributed by atoms with Gasteiger partial charge in [0.25, 0.3) is 0 Å². The van der Waals surface area contributed by atoms with E-state index in [-0.39, 0.29) is 5.78 Å². The molecule has 5 nitrogen and oxygen atoms in total. The summed E-state index contributed by atoms with van der Waals surface area (Å²) in [5.41, 5.74) is 5.71. The normalized spacial score (nSPS) is 16.3. The molecule has 0 radical (unpaired) electrons. The van der Waals surface area contributed by atoms with Crippen LogP contribution in [0.25, 0.3) is 16.5 Å². The van der Waals surface area contributed by atoms with Gasteiger partial charge in [-0.1, -0.05) is 66.7 Å². The third-order valence-corrected chi connectivity index (χ3v) is 7.77. The van der Waals surface area contributed by atoms with Crippen LogP contribution < -0.4 is 10.1 Å². The highest BCUT2D eigenvalue weighted by Gasteiger charge is 2.42. The van der Waals surface area contributed by atoms with E-state index in [0.717, 1.165) is 32.2 Å². The van der Waals surface area contributed by atoms with Gasteiger partial charge in [0.1, 0.15) is 12.4 Å². The Morgan fingerprint density at radius 1 is 0.921 bits per heavy atom. The quantitative estimate of drug-likeness (QED) is 0.266. The lowest BCUT2D eigenvalue weighted by Gasteiger charge is -2.29. The zero-order chi connectivity index (χ0) is 26.4. The Morgan fingerprint density at radius 2 is 1.66 bits per heavy atom. The van der Waals surface area contributed by atoms with Gasteiger partial charge in [-0.25, -0.2) is 4.79 Å². The number of nitrogens with one attached hydrogen (secondary N) is 1.